The molecule has 1 fully saturated rings. The lowest BCUT2D eigenvalue weighted by Crippen LogP contribution is -2.34. The molecule has 0 aliphatic carbocycles. The summed E-state index contributed by atoms with van der Waals surface area (Å²) in [6.07, 6.45) is 2.65. The molecule has 0 aromatic carbocycles. The van der Waals surface area contributed by atoms with Crippen LogP contribution in [0, 0.1) is 6.92 Å². The Kier molecular flexibility index (Phi) is 3.72. The smallest absolute Gasteiger partial charge is 0.107 e. The Balaban J connectivity index is 1.78. The number of aryl methyl sites for hydroxylation is 1. The summed E-state index contributed by atoms with van der Waals surface area (Å²) in [5.74, 6) is 0. The maximum Gasteiger partial charge on any atom is 0.107 e. The molecule has 0 saturated carbocycles. The zero-order valence-electron chi connectivity index (χ0n) is 9.49. The Hall–Kier alpha value is -0.450. The van der Waals surface area contributed by atoms with Crippen LogP contribution in [0.5, 0.6) is 0 Å². The van der Waals surface area contributed by atoms with Crippen molar-refractivity contribution in [1.29, 1.82) is 0 Å². The van der Waals surface area contributed by atoms with Crippen molar-refractivity contribution >= 4 is 11.3 Å². The van der Waals surface area contributed by atoms with Gasteiger partial charge in [-0.25, -0.2) is 4.98 Å². The number of hydrogen-bond acceptors (Lipinski definition) is 4. The molecule has 84 valence electrons. The molecule has 4 heteroatoms. The lowest BCUT2D eigenvalue weighted by atomic mass is 10.2. The summed E-state index contributed by atoms with van der Waals surface area (Å²) in [7, 11) is 2.18. The van der Waals surface area contributed by atoms with Crippen molar-refractivity contribution in [1.82, 2.24) is 15.2 Å². The van der Waals surface area contributed by atoms with E-state index in [9.17, 15) is 0 Å². The van der Waals surface area contributed by atoms with Crippen molar-refractivity contribution in [3.05, 3.63) is 16.1 Å². The van der Waals surface area contributed by atoms with E-state index in [0.717, 1.165) is 18.8 Å². The van der Waals surface area contributed by atoms with E-state index in [0.29, 0.717) is 6.04 Å². The summed E-state index contributed by atoms with van der Waals surface area (Å²) in [4.78, 5) is 6.84. The predicted molar refractivity (Wildman–Crippen MR) is 64.2 cm³/mol. The van der Waals surface area contributed by atoms with E-state index in [-0.39, 0.29) is 0 Å². The number of thiazole rings is 1. The molecule has 1 unspecified atom stereocenters. The third-order valence-electron chi connectivity index (χ3n) is 2.77. The minimum absolute atomic E-state index is 0.691. The van der Waals surface area contributed by atoms with Gasteiger partial charge in [-0.05, 0) is 33.4 Å². The van der Waals surface area contributed by atoms with E-state index >= 15 is 0 Å². The van der Waals surface area contributed by atoms with Crippen molar-refractivity contribution in [3.8, 4) is 0 Å². The van der Waals surface area contributed by atoms with Crippen LogP contribution in [0.4, 0.5) is 0 Å². The van der Waals surface area contributed by atoms with Crippen molar-refractivity contribution in [2.24, 2.45) is 0 Å². The first kappa shape index (κ1) is 11.0. The number of nitrogens with one attached hydrogen (secondary N) is 1. The Labute approximate surface area is 95.5 Å². The monoisotopic (exact) mass is 225 g/mol. The molecule has 2 heterocycles. The van der Waals surface area contributed by atoms with Gasteiger partial charge in [-0.15, -0.1) is 11.3 Å². The number of nitrogens with zero attached hydrogens (tertiary/aromatic N) is 2. The molecular weight excluding hydrogens is 206 g/mol. The number of rotatable bonds is 4. The zero-order chi connectivity index (χ0) is 10.7. The minimum atomic E-state index is 0.691. The highest BCUT2D eigenvalue weighted by molar-refractivity contribution is 7.09. The molecule has 0 spiro atoms. The van der Waals surface area contributed by atoms with Crippen LogP contribution in [0.3, 0.4) is 0 Å². The highest BCUT2D eigenvalue weighted by Crippen LogP contribution is 2.12. The SMILES string of the molecule is Cc1csc(CN(C)CC2CCCN2)n1. The van der Waals surface area contributed by atoms with Crippen LogP contribution in [0.2, 0.25) is 0 Å². The van der Waals surface area contributed by atoms with Crippen LogP contribution in [0.1, 0.15) is 23.5 Å². The third-order valence-corrected chi connectivity index (χ3v) is 3.72. The van der Waals surface area contributed by atoms with Gasteiger partial charge in [0.2, 0.25) is 0 Å². The second-order valence-corrected chi connectivity index (χ2v) is 5.32. The first-order valence-corrected chi connectivity index (χ1v) is 6.45. The molecule has 1 aliphatic heterocycles. The van der Waals surface area contributed by atoms with E-state index < -0.39 is 0 Å². The van der Waals surface area contributed by atoms with Gasteiger partial charge in [0.1, 0.15) is 5.01 Å². The number of likely N-dealkylation sites (N-methyl/N-ethyl adjacent to an activating group) is 1. The zero-order valence-corrected chi connectivity index (χ0v) is 10.3. The van der Waals surface area contributed by atoms with Crippen LogP contribution in [0.15, 0.2) is 5.38 Å². The van der Waals surface area contributed by atoms with Gasteiger partial charge in [-0.1, -0.05) is 0 Å². The van der Waals surface area contributed by atoms with Gasteiger partial charge in [0.05, 0.1) is 6.54 Å². The summed E-state index contributed by atoms with van der Waals surface area (Å²) in [5, 5.41) is 6.87. The second-order valence-electron chi connectivity index (χ2n) is 4.37. The average molecular weight is 225 g/mol. The molecule has 1 aromatic heterocycles. The van der Waals surface area contributed by atoms with Gasteiger partial charge in [0.15, 0.2) is 0 Å². The Morgan fingerprint density at radius 2 is 2.53 bits per heavy atom. The van der Waals surface area contributed by atoms with Gasteiger partial charge in [0.25, 0.3) is 0 Å². The maximum atomic E-state index is 4.48. The second kappa shape index (κ2) is 5.05. The summed E-state index contributed by atoms with van der Waals surface area (Å²) in [6.45, 7) is 5.36. The van der Waals surface area contributed by atoms with Crippen LogP contribution < -0.4 is 5.32 Å². The van der Waals surface area contributed by atoms with Gasteiger partial charge >= 0.3 is 0 Å². The molecule has 0 amide bonds. The van der Waals surface area contributed by atoms with Crippen molar-refractivity contribution in [2.75, 3.05) is 20.1 Å². The first-order chi connectivity index (χ1) is 7.24. The van der Waals surface area contributed by atoms with Crippen molar-refractivity contribution in [2.45, 2.75) is 32.4 Å². The number of hydrogen-bond donors (Lipinski definition) is 1. The van der Waals surface area contributed by atoms with E-state index in [4.69, 9.17) is 0 Å². The predicted octanol–water partition coefficient (Wildman–Crippen LogP) is 1.64. The molecular formula is C11H19N3S. The molecule has 0 bridgehead atoms. The summed E-state index contributed by atoms with van der Waals surface area (Å²) in [6, 6.07) is 0.691. The highest BCUT2D eigenvalue weighted by Gasteiger charge is 2.16. The maximum absolute atomic E-state index is 4.48. The number of aromatic nitrogens is 1. The Bertz CT molecular complexity index is 305. The Morgan fingerprint density at radius 1 is 1.67 bits per heavy atom. The van der Waals surface area contributed by atoms with Gasteiger partial charge < -0.3 is 5.32 Å². The molecule has 0 radical (unpaired) electrons. The molecule has 3 nitrogen and oxygen atoms in total. The fraction of sp³-hybridized carbons (Fsp3) is 0.727. The van der Waals surface area contributed by atoms with Crippen LogP contribution >= 0.6 is 11.3 Å². The van der Waals surface area contributed by atoms with E-state index in [1.807, 2.05) is 0 Å². The minimum Gasteiger partial charge on any atom is -0.313 e. The van der Waals surface area contributed by atoms with Crippen molar-refractivity contribution in [3.63, 3.8) is 0 Å². The summed E-state index contributed by atoms with van der Waals surface area (Å²) in [5.41, 5.74) is 1.14. The van der Waals surface area contributed by atoms with Crippen LogP contribution in [-0.2, 0) is 6.54 Å². The van der Waals surface area contributed by atoms with E-state index in [1.165, 1.54) is 24.4 Å². The van der Waals surface area contributed by atoms with E-state index in [1.54, 1.807) is 11.3 Å². The van der Waals surface area contributed by atoms with Gasteiger partial charge in [0, 0.05) is 23.7 Å². The third kappa shape index (κ3) is 3.26. The topological polar surface area (TPSA) is 28.2 Å². The lowest BCUT2D eigenvalue weighted by molar-refractivity contribution is 0.293. The first-order valence-electron chi connectivity index (χ1n) is 5.57. The molecule has 1 aliphatic rings. The molecule has 1 N–H and O–H groups in total. The van der Waals surface area contributed by atoms with Crippen LogP contribution in [-0.4, -0.2) is 36.1 Å². The molecule has 1 saturated heterocycles. The quantitative estimate of drug-likeness (QED) is 0.844. The highest BCUT2D eigenvalue weighted by atomic mass is 32.1. The molecule has 1 aromatic rings. The summed E-state index contributed by atoms with van der Waals surface area (Å²) < 4.78 is 0. The summed E-state index contributed by atoms with van der Waals surface area (Å²) >= 11 is 1.76. The molecule has 1 atom stereocenters. The fourth-order valence-corrected chi connectivity index (χ4v) is 2.91. The average Bonchev–Trinajstić information content (AvgIpc) is 2.77. The normalized spacial score (nSPS) is 21.4. The fourth-order valence-electron chi connectivity index (χ4n) is 2.06. The molecule has 15 heavy (non-hydrogen) atoms. The van der Waals surface area contributed by atoms with E-state index in [2.05, 4.69) is 34.6 Å². The van der Waals surface area contributed by atoms with Crippen molar-refractivity contribution < 1.29 is 0 Å². The Morgan fingerprint density at radius 3 is 3.13 bits per heavy atom. The largest absolute Gasteiger partial charge is 0.313 e. The van der Waals surface area contributed by atoms with Crippen LogP contribution in [0.25, 0.3) is 0 Å². The standard InChI is InChI=1S/C11H19N3S/c1-9-8-15-11(13-9)7-14(2)6-10-4-3-5-12-10/h8,10,12H,3-7H2,1-2H3. The lowest BCUT2D eigenvalue weighted by Gasteiger charge is -2.19. The van der Waals surface area contributed by atoms with Gasteiger partial charge in [-0.3, -0.25) is 4.90 Å². The molecule has 2 rings (SSSR count). The van der Waals surface area contributed by atoms with Gasteiger partial charge in [-0.2, -0.15) is 0 Å².